The van der Waals surface area contributed by atoms with Gasteiger partial charge in [-0.2, -0.15) is 0 Å². The summed E-state index contributed by atoms with van der Waals surface area (Å²) in [6.45, 7) is 1.65. The van der Waals surface area contributed by atoms with Crippen molar-refractivity contribution in [2.45, 2.75) is 6.92 Å². The SMILES string of the molecule is COc1c(C(N)=O)ccc(O)c1C. The van der Waals surface area contributed by atoms with E-state index >= 15 is 0 Å². The highest BCUT2D eigenvalue weighted by Gasteiger charge is 2.13. The number of phenols is 1. The average Bonchev–Trinajstić information content (AvgIpc) is 2.09. The van der Waals surface area contributed by atoms with Crippen LogP contribution in [-0.2, 0) is 0 Å². The third kappa shape index (κ3) is 1.56. The molecule has 1 rings (SSSR count). The summed E-state index contributed by atoms with van der Waals surface area (Å²) < 4.78 is 4.96. The molecule has 1 aromatic rings. The molecular weight excluding hydrogens is 170 g/mol. The Bertz CT molecular complexity index is 347. The number of phenolic OH excluding ortho intramolecular Hbond substituents is 1. The number of benzene rings is 1. The van der Waals surface area contributed by atoms with Crippen molar-refractivity contribution in [1.29, 1.82) is 0 Å². The highest BCUT2D eigenvalue weighted by molar-refractivity contribution is 5.96. The lowest BCUT2D eigenvalue weighted by molar-refractivity contribution is 0.0997. The molecule has 70 valence electrons. The number of carbonyl (C=O) groups excluding carboxylic acids is 1. The van der Waals surface area contributed by atoms with Gasteiger partial charge < -0.3 is 15.6 Å². The summed E-state index contributed by atoms with van der Waals surface area (Å²) in [5.41, 5.74) is 5.90. The maximum atomic E-state index is 10.9. The first-order chi connectivity index (χ1) is 6.07. The fourth-order valence-electron chi connectivity index (χ4n) is 1.14. The van der Waals surface area contributed by atoms with Gasteiger partial charge in [-0.25, -0.2) is 0 Å². The number of amides is 1. The van der Waals surface area contributed by atoms with Crippen LogP contribution in [0.5, 0.6) is 11.5 Å². The first-order valence-electron chi connectivity index (χ1n) is 3.74. The molecule has 0 aliphatic heterocycles. The van der Waals surface area contributed by atoms with E-state index in [9.17, 15) is 9.90 Å². The lowest BCUT2D eigenvalue weighted by Gasteiger charge is -2.09. The van der Waals surface area contributed by atoms with Gasteiger partial charge in [0.1, 0.15) is 11.5 Å². The van der Waals surface area contributed by atoms with Crippen molar-refractivity contribution in [3.63, 3.8) is 0 Å². The minimum Gasteiger partial charge on any atom is -0.508 e. The summed E-state index contributed by atoms with van der Waals surface area (Å²) in [7, 11) is 1.42. The number of carbonyl (C=O) groups is 1. The van der Waals surface area contributed by atoms with Crippen molar-refractivity contribution in [1.82, 2.24) is 0 Å². The molecule has 13 heavy (non-hydrogen) atoms. The van der Waals surface area contributed by atoms with Crippen LogP contribution in [0.4, 0.5) is 0 Å². The summed E-state index contributed by atoms with van der Waals surface area (Å²) in [5, 5.41) is 9.31. The van der Waals surface area contributed by atoms with E-state index in [1.54, 1.807) is 6.92 Å². The lowest BCUT2D eigenvalue weighted by atomic mass is 10.1. The zero-order valence-corrected chi connectivity index (χ0v) is 7.50. The van der Waals surface area contributed by atoms with Crippen LogP contribution in [0, 0.1) is 6.92 Å². The molecule has 0 spiro atoms. The Kier molecular flexibility index (Phi) is 2.41. The van der Waals surface area contributed by atoms with Crippen molar-refractivity contribution in [3.8, 4) is 11.5 Å². The van der Waals surface area contributed by atoms with Crippen LogP contribution in [0.25, 0.3) is 0 Å². The van der Waals surface area contributed by atoms with Gasteiger partial charge in [-0.3, -0.25) is 4.79 Å². The Morgan fingerprint density at radius 3 is 2.62 bits per heavy atom. The molecule has 4 nitrogen and oxygen atoms in total. The molecule has 0 aliphatic rings. The van der Waals surface area contributed by atoms with E-state index in [-0.39, 0.29) is 11.3 Å². The highest BCUT2D eigenvalue weighted by atomic mass is 16.5. The number of ether oxygens (including phenoxy) is 1. The van der Waals surface area contributed by atoms with Crippen molar-refractivity contribution < 1.29 is 14.6 Å². The minimum atomic E-state index is -0.569. The number of nitrogens with two attached hydrogens (primary N) is 1. The predicted octanol–water partition coefficient (Wildman–Crippen LogP) is 0.808. The van der Waals surface area contributed by atoms with E-state index < -0.39 is 5.91 Å². The largest absolute Gasteiger partial charge is 0.508 e. The zero-order chi connectivity index (χ0) is 10.0. The number of aromatic hydroxyl groups is 1. The van der Waals surface area contributed by atoms with Gasteiger partial charge in [0.2, 0.25) is 0 Å². The number of rotatable bonds is 2. The molecule has 0 saturated heterocycles. The Morgan fingerprint density at radius 2 is 2.15 bits per heavy atom. The maximum absolute atomic E-state index is 10.9. The molecule has 0 heterocycles. The second kappa shape index (κ2) is 3.35. The van der Waals surface area contributed by atoms with Crippen LogP contribution in [-0.4, -0.2) is 18.1 Å². The maximum Gasteiger partial charge on any atom is 0.252 e. The molecule has 0 aliphatic carbocycles. The molecule has 4 heteroatoms. The second-order valence-electron chi connectivity index (χ2n) is 2.65. The number of primary amides is 1. The Morgan fingerprint density at radius 1 is 1.54 bits per heavy atom. The Labute approximate surface area is 75.9 Å². The lowest BCUT2D eigenvalue weighted by Crippen LogP contribution is -2.12. The molecular formula is C9H11NO3. The van der Waals surface area contributed by atoms with Crippen LogP contribution in [0.3, 0.4) is 0 Å². The number of hydrogen-bond donors (Lipinski definition) is 2. The van der Waals surface area contributed by atoms with Gasteiger partial charge in [0.05, 0.1) is 12.7 Å². The van der Waals surface area contributed by atoms with E-state index in [4.69, 9.17) is 10.5 Å². The third-order valence-electron chi connectivity index (χ3n) is 1.85. The van der Waals surface area contributed by atoms with Crippen LogP contribution in [0.1, 0.15) is 15.9 Å². The van der Waals surface area contributed by atoms with Crippen molar-refractivity contribution in [2.75, 3.05) is 7.11 Å². The van der Waals surface area contributed by atoms with E-state index in [0.717, 1.165) is 0 Å². The van der Waals surface area contributed by atoms with Crippen LogP contribution in [0.15, 0.2) is 12.1 Å². The molecule has 0 atom stereocenters. The van der Waals surface area contributed by atoms with Crippen molar-refractivity contribution >= 4 is 5.91 Å². The highest BCUT2D eigenvalue weighted by Crippen LogP contribution is 2.29. The van der Waals surface area contributed by atoms with E-state index in [2.05, 4.69) is 0 Å². The monoisotopic (exact) mass is 181 g/mol. The van der Waals surface area contributed by atoms with Gasteiger partial charge in [0.25, 0.3) is 5.91 Å². The van der Waals surface area contributed by atoms with Crippen LogP contribution >= 0.6 is 0 Å². The van der Waals surface area contributed by atoms with E-state index in [0.29, 0.717) is 11.3 Å². The summed E-state index contributed by atoms with van der Waals surface area (Å²) >= 11 is 0. The molecule has 1 aromatic carbocycles. The zero-order valence-electron chi connectivity index (χ0n) is 7.50. The topological polar surface area (TPSA) is 72.5 Å². The summed E-state index contributed by atoms with van der Waals surface area (Å²) in [6.07, 6.45) is 0. The van der Waals surface area contributed by atoms with Gasteiger partial charge in [0.15, 0.2) is 0 Å². The van der Waals surface area contributed by atoms with Gasteiger partial charge in [-0.05, 0) is 19.1 Å². The van der Waals surface area contributed by atoms with Crippen molar-refractivity contribution in [3.05, 3.63) is 23.3 Å². The fraction of sp³-hybridized carbons (Fsp3) is 0.222. The summed E-state index contributed by atoms with van der Waals surface area (Å²) in [5.74, 6) is -0.158. The quantitative estimate of drug-likeness (QED) is 0.709. The first kappa shape index (κ1) is 9.38. The first-order valence-corrected chi connectivity index (χ1v) is 3.74. The Hall–Kier alpha value is -1.71. The van der Waals surface area contributed by atoms with Crippen LogP contribution < -0.4 is 10.5 Å². The van der Waals surface area contributed by atoms with E-state index in [1.165, 1.54) is 19.2 Å². The molecule has 0 saturated carbocycles. The fourth-order valence-corrected chi connectivity index (χ4v) is 1.14. The molecule has 1 amide bonds. The van der Waals surface area contributed by atoms with Gasteiger partial charge in [0, 0.05) is 5.56 Å². The molecule has 0 radical (unpaired) electrons. The Balaban J connectivity index is 3.38. The van der Waals surface area contributed by atoms with E-state index in [1.807, 2.05) is 0 Å². The standard InChI is InChI=1S/C9H11NO3/c1-5-7(11)4-3-6(9(10)12)8(5)13-2/h3-4,11H,1-2H3,(H2,10,12). The summed E-state index contributed by atoms with van der Waals surface area (Å²) in [4.78, 5) is 10.9. The van der Waals surface area contributed by atoms with Gasteiger partial charge >= 0.3 is 0 Å². The average molecular weight is 181 g/mol. The van der Waals surface area contributed by atoms with Crippen molar-refractivity contribution in [2.24, 2.45) is 5.73 Å². The second-order valence-corrected chi connectivity index (χ2v) is 2.65. The molecule has 0 bridgehead atoms. The molecule has 3 N–H and O–H groups in total. The predicted molar refractivity (Wildman–Crippen MR) is 47.9 cm³/mol. The number of methoxy groups -OCH3 is 1. The molecule has 0 fully saturated rings. The normalized spacial score (nSPS) is 9.69. The van der Waals surface area contributed by atoms with Gasteiger partial charge in [-0.1, -0.05) is 0 Å². The molecule has 0 unspecified atom stereocenters. The summed E-state index contributed by atoms with van der Waals surface area (Å²) in [6, 6.07) is 2.85. The number of hydrogen-bond acceptors (Lipinski definition) is 3. The molecule has 0 aromatic heterocycles. The van der Waals surface area contributed by atoms with Gasteiger partial charge in [-0.15, -0.1) is 0 Å². The smallest absolute Gasteiger partial charge is 0.252 e. The van der Waals surface area contributed by atoms with Crippen LogP contribution in [0.2, 0.25) is 0 Å². The minimum absolute atomic E-state index is 0.0850. The third-order valence-corrected chi connectivity index (χ3v) is 1.85.